The van der Waals surface area contributed by atoms with Crippen LogP contribution in [0.25, 0.3) is 0 Å². The van der Waals surface area contributed by atoms with Gasteiger partial charge in [-0.25, -0.2) is 5.14 Å². The van der Waals surface area contributed by atoms with Gasteiger partial charge in [0.05, 0.1) is 0 Å². The van der Waals surface area contributed by atoms with Crippen LogP contribution in [0.1, 0.15) is 12.8 Å². The normalized spacial score (nSPS) is 18.7. The summed E-state index contributed by atoms with van der Waals surface area (Å²) in [6.07, 6.45) is 1.71. The molecule has 100 valence electrons. The molecule has 1 saturated heterocycles. The van der Waals surface area contributed by atoms with E-state index in [1.807, 2.05) is 30.3 Å². The number of piperidine rings is 1. The molecule has 2 rings (SSSR count). The van der Waals surface area contributed by atoms with Crippen LogP contribution in [0.5, 0.6) is 0 Å². The molecule has 0 spiro atoms. The molecule has 18 heavy (non-hydrogen) atoms. The van der Waals surface area contributed by atoms with Gasteiger partial charge in [-0.1, -0.05) is 18.2 Å². The predicted octanol–water partition coefficient (Wildman–Crippen LogP) is 1.01. The van der Waals surface area contributed by atoms with Crippen molar-refractivity contribution in [2.45, 2.75) is 12.8 Å². The van der Waals surface area contributed by atoms with E-state index in [0.717, 1.165) is 25.1 Å². The van der Waals surface area contributed by atoms with E-state index in [0.29, 0.717) is 19.0 Å². The fraction of sp³-hybridized carbons (Fsp3) is 0.500. The SMILES string of the molecule is NS(=O)(=O)N1CCC(CNc2ccccc2)CC1. The van der Waals surface area contributed by atoms with Gasteiger partial charge in [-0.2, -0.15) is 12.7 Å². The molecule has 0 aromatic heterocycles. The van der Waals surface area contributed by atoms with Gasteiger partial charge in [-0.05, 0) is 30.9 Å². The molecule has 1 aliphatic heterocycles. The van der Waals surface area contributed by atoms with E-state index in [1.54, 1.807) is 0 Å². The Morgan fingerprint density at radius 2 is 1.83 bits per heavy atom. The number of hydrogen-bond donors (Lipinski definition) is 2. The zero-order valence-electron chi connectivity index (χ0n) is 10.2. The average Bonchev–Trinajstić information content (AvgIpc) is 2.37. The number of para-hydroxylation sites is 1. The Kier molecular flexibility index (Phi) is 4.21. The Hall–Kier alpha value is -1.11. The van der Waals surface area contributed by atoms with E-state index in [4.69, 9.17) is 5.14 Å². The third kappa shape index (κ3) is 3.69. The summed E-state index contributed by atoms with van der Waals surface area (Å²) in [5.41, 5.74) is 1.10. The van der Waals surface area contributed by atoms with Gasteiger partial charge in [-0.15, -0.1) is 0 Å². The molecule has 0 atom stereocenters. The fourth-order valence-electron chi connectivity index (χ4n) is 2.19. The van der Waals surface area contributed by atoms with Gasteiger partial charge in [0.1, 0.15) is 0 Å². The van der Waals surface area contributed by atoms with Crippen LogP contribution in [0.3, 0.4) is 0 Å². The molecule has 1 fully saturated rings. The highest BCUT2D eigenvalue weighted by Crippen LogP contribution is 2.19. The number of benzene rings is 1. The maximum atomic E-state index is 11.2. The van der Waals surface area contributed by atoms with Crippen LogP contribution < -0.4 is 10.5 Å². The molecular formula is C12H19N3O2S. The zero-order valence-corrected chi connectivity index (χ0v) is 11.1. The van der Waals surface area contributed by atoms with Gasteiger partial charge in [0.25, 0.3) is 10.2 Å². The summed E-state index contributed by atoms with van der Waals surface area (Å²) in [6.45, 7) is 1.93. The summed E-state index contributed by atoms with van der Waals surface area (Å²) < 4.78 is 23.7. The van der Waals surface area contributed by atoms with E-state index in [1.165, 1.54) is 4.31 Å². The second kappa shape index (κ2) is 5.69. The lowest BCUT2D eigenvalue weighted by Crippen LogP contribution is -2.43. The number of hydrogen-bond acceptors (Lipinski definition) is 3. The largest absolute Gasteiger partial charge is 0.385 e. The second-order valence-corrected chi connectivity index (χ2v) is 6.18. The summed E-state index contributed by atoms with van der Waals surface area (Å²) in [7, 11) is -3.50. The molecular weight excluding hydrogens is 250 g/mol. The van der Waals surface area contributed by atoms with Gasteiger partial charge in [0, 0.05) is 25.3 Å². The van der Waals surface area contributed by atoms with Gasteiger partial charge >= 0.3 is 0 Å². The molecule has 6 heteroatoms. The standard InChI is InChI=1S/C12H19N3O2S/c13-18(16,17)15-8-6-11(7-9-15)10-14-12-4-2-1-3-5-12/h1-5,11,14H,6-10H2,(H2,13,16,17). The molecule has 0 saturated carbocycles. The van der Waals surface area contributed by atoms with Crippen molar-refractivity contribution in [1.29, 1.82) is 0 Å². The minimum atomic E-state index is -3.50. The monoisotopic (exact) mass is 269 g/mol. The molecule has 5 nitrogen and oxygen atoms in total. The minimum Gasteiger partial charge on any atom is -0.385 e. The molecule has 0 amide bonds. The Balaban J connectivity index is 1.78. The van der Waals surface area contributed by atoms with E-state index >= 15 is 0 Å². The van der Waals surface area contributed by atoms with Crippen molar-refractivity contribution in [1.82, 2.24) is 4.31 Å². The number of nitrogens with one attached hydrogen (secondary N) is 1. The molecule has 1 aliphatic rings. The van der Waals surface area contributed by atoms with Gasteiger partial charge in [0.2, 0.25) is 0 Å². The first kappa shape index (κ1) is 13.3. The number of rotatable bonds is 4. The van der Waals surface area contributed by atoms with E-state index in [2.05, 4.69) is 5.32 Å². The summed E-state index contributed by atoms with van der Waals surface area (Å²) >= 11 is 0. The van der Waals surface area contributed by atoms with Crippen LogP contribution in [0.15, 0.2) is 30.3 Å². The summed E-state index contributed by atoms with van der Waals surface area (Å²) in [4.78, 5) is 0. The lowest BCUT2D eigenvalue weighted by Gasteiger charge is -2.30. The second-order valence-electron chi connectivity index (χ2n) is 4.63. The van der Waals surface area contributed by atoms with Crippen LogP contribution in [-0.2, 0) is 10.2 Å². The molecule has 1 aromatic carbocycles. The first-order valence-corrected chi connectivity index (χ1v) is 7.63. The maximum absolute atomic E-state index is 11.2. The summed E-state index contributed by atoms with van der Waals surface area (Å²) in [5, 5.41) is 8.47. The van der Waals surface area contributed by atoms with Gasteiger partial charge in [0.15, 0.2) is 0 Å². The predicted molar refractivity (Wildman–Crippen MR) is 72.3 cm³/mol. The van der Waals surface area contributed by atoms with Crippen molar-refractivity contribution in [2.24, 2.45) is 11.1 Å². The van der Waals surface area contributed by atoms with Crippen molar-refractivity contribution in [3.63, 3.8) is 0 Å². The van der Waals surface area contributed by atoms with Gasteiger partial charge < -0.3 is 5.32 Å². The Morgan fingerprint density at radius 1 is 1.22 bits per heavy atom. The van der Waals surface area contributed by atoms with E-state index < -0.39 is 10.2 Å². The summed E-state index contributed by atoms with van der Waals surface area (Å²) in [5.74, 6) is 0.503. The van der Waals surface area contributed by atoms with Crippen LogP contribution >= 0.6 is 0 Å². The highest BCUT2D eigenvalue weighted by molar-refractivity contribution is 7.86. The molecule has 0 unspecified atom stereocenters. The molecule has 0 aliphatic carbocycles. The fourth-order valence-corrected chi connectivity index (χ4v) is 2.91. The molecule has 1 heterocycles. The highest BCUT2D eigenvalue weighted by atomic mass is 32.2. The molecule has 0 bridgehead atoms. The third-order valence-corrected chi connectivity index (χ3v) is 4.39. The molecule has 1 aromatic rings. The zero-order chi connectivity index (χ0) is 13.0. The number of nitrogens with two attached hydrogens (primary N) is 1. The topological polar surface area (TPSA) is 75.4 Å². The van der Waals surface area contributed by atoms with Crippen molar-refractivity contribution >= 4 is 15.9 Å². The highest BCUT2D eigenvalue weighted by Gasteiger charge is 2.24. The Bertz CT molecular complexity index is 467. The smallest absolute Gasteiger partial charge is 0.276 e. The molecule has 0 radical (unpaired) electrons. The Labute approximate surface area is 108 Å². The lowest BCUT2D eigenvalue weighted by atomic mass is 9.98. The van der Waals surface area contributed by atoms with Crippen molar-refractivity contribution < 1.29 is 8.42 Å². The quantitative estimate of drug-likeness (QED) is 0.856. The maximum Gasteiger partial charge on any atom is 0.276 e. The lowest BCUT2D eigenvalue weighted by molar-refractivity contribution is 0.282. The van der Waals surface area contributed by atoms with Gasteiger partial charge in [-0.3, -0.25) is 0 Å². The average molecular weight is 269 g/mol. The van der Waals surface area contributed by atoms with Crippen LogP contribution in [0.2, 0.25) is 0 Å². The first-order valence-electron chi connectivity index (χ1n) is 6.12. The number of nitrogens with zero attached hydrogens (tertiary/aromatic N) is 1. The van der Waals surface area contributed by atoms with Crippen LogP contribution in [-0.4, -0.2) is 32.4 Å². The third-order valence-electron chi connectivity index (χ3n) is 3.30. The number of anilines is 1. The van der Waals surface area contributed by atoms with E-state index in [-0.39, 0.29) is 0 Å². The minimum absolute atomic E-state index is 0.503. The Morgan fingerprint density at radius 3 is 2.39 bits per heavy atom. The van der Waals surface area contributed by atoms with Crippen molar-refractivity contribution in [2.75, 3.05) is 25.0 Å². The van der Waals surface area contributed by atoms with E-state index in [9.17, 15) is 8.42 Å². The van der Waals surface area contributed by atoms with Crippen molar-refractivity contribution in [3.8, 4) is 0 Å². The molecule has 3 N–H and O–H groups in total. The first-order chi connectivity index (χ1) is 8.55. The van der Waals surface area contributed by atoms with Crippen molar-refractivity contribution in [3.05, 3.63) is 30.3 Å². The summed E-state index contributed by atoms with van der Waals surface area (Å²) in [6, 6.07) is 10.0. The van der Waals surface area contributed by atoms with Crippen LogP contribution in [0, 0.1) is 5.92 Å². The van der Waals surface area contributed by atoms with Crippen LogP contribution in [0.4, 0.5) is 5.69 Å².